The van der Waals surface area contributed by atoms with Crippen LogP contribution < -0.4 is 5.73 Å². The number of nitrogens with zero attached hydrogens (tertiary/aromatic N) is 2. The maximum Gasteiger partial charge on any atom is 0.410 e. The minimum absolute atomic E-state index is 0.0803. The van der Waals surface area contributed by atoms with Crippen LogP contribution in [-0.2, 0) is 4.74 Å². The lowest BCUT2D eigenvalue weighted by atomic mass is 9.60. The van der Waals surface area contributed by atoms with E-state index in [1.165, 1.54) is 43.2 Å². The molecule has 1 heterocycles. The number of hydrogen-bond acceptors (Lipinski definition) is 4. The van der Waals surface area contributed by atoms with E-state index in [0.29, 0.717) is 17.5 Å². The van der Waals surface area contributed by atoms with Gasteiger partial charge in [0.15, 0.2) is 0 Å². The van der Waals surface area contributed by atoms with Crippen LogP contribution in [0.1, 0.15) is 83.0 Å². The van der Waals surface area contributed by atoms with Crippen molar-refractivity contribution in [2.75, 3.05) is 20.1 Å². The van der Waals surface area contributed by atoms with Crippen molar-refractivity contribution in [3.8, 4) is 0 Å². The van der Waals surface area contributed by atoms with Gasteiger partial charge in [0, 0.05) is 36.6 Å². The van der Waals surface area contributed by atoms with Crippen molar-refractivity contribution < 1.29 is 9.53 Å². The minimum atomic E-state index is -0.421. The van der Waals surface area contributed by atoms with Gasteiger partial charge >= 0.3 is 6.09 Å². The summed E-state index contributed by atoms with van der Waals surface area (Å²) < 4.78 is 5.52. The predicted molar refractivity (Wildman–Crippen MR) is 120 cm³/mol. The second-order valence-corrected chi connectivity index (χ2v) is 11.2. The molecule has 3 aliphatic rings. The predicted octanol–water partition coefficient (Wildman–Crippen LogP) is 4.88. The molecule has 30 heavy (non-hydrogen) atoms. The summed E-state index contributed by atoms with van der Waals surface area (Å²) in [6.07, 6.45) is 6.21. The summed E-state index contributed by atoms with van der Waals surface area (Å²) in [5.74, 6) is 0.881. The van der Waals surface area contributed by atoms with Crippen molar-refractivity contribution in [2.45, 2.75) is 83.5 Å². The number of likely N-dealkylation sites (tertiary alicyclic amines) is 1. The average Bonchev–Trinajstić information content (AvgIpc) is 3.39. The van der Waals surface area contributed by atoms with Crippen molar-refractivity contribution in [1.82, 2.24) is 9.80 Å². The van der Waals surface area contributed by atoms with E-state index in [2.05, 4.69) is 36.2 Å². The van der Waals surface area contributed by atoms with Crippen LogP contribution >= 0.6 is 0 Å². The molecule has 0 aromatic heterocycles. The summed E-state index contributed by atoms with van der Waals surface area (Å²) >= 11 is 0. The van der Waals surface area contributed by atoms with Gasteiger partial charge in [0.1, 0.15) is 5.60 Å². The Kier molecular flexibility index (Phi) is 5.65. The molecule has 2 atom stereocenters. The first-order chi connectivity index (χ1) is 14.1. The number of carbonyl (C=O) groups excluding carboxylic acids is 1. The fourth-order valence-electron chi connectivity index (χ4n) is 5.19. The van der Waals surface area contributed by atoms with Crippen molar-refractivity contribution in [2.24, 2.45) is 17.1 Å². The molecular formula is C25H39N3O2. The Balaban J connectivity index is 1.34. The first-order valence-electron chi connectivity index (χ1n) is 11.6. The number of amides is 1. The average molecular weight is 414 g/mol. The lowest BCUT2D eigenvalue weighted by molar-refractivity contribution is -0.111. The summed E-state index contributed by atoms with van der Waals surface area (Å²) in [6, 6.07) is 10.1. The van der Waals surface area contributed by atoms with E-state index < -0.39 is 5.60 Å². The third-order valence-electron chi connectivity index (χ3n) is 7.21. The minimum Gasteiger partial charge on any atom is -0.444 e. The highest BCUT2D eigenvalue weighted by Crippen LogP contribution is 2.52. The van der Waals surface area contributed by atoms with Gasteiger partial charge in [0.2, 0.25) is 0 Å². The zero-order valence-electron chi connectivity index (χ0n) is 19.4. The Bertz CT molecular complexity index is 750. The summed E-state index contributed by atoms with van der Waals surface area (Å²) in [5, 5.41) is 0. The Morgan fingerprint density at radius 1 is 1.20 bits per heavy atom. The lowest BCUT2D eigenvalue weighted by Crippen LogP contribution is -2.67. The zero-order chi connectivity index (χ0) is 21.7. The summed E-state index contributed by atoms with van der Waals surface area (Å²) in [5.41, 5.74) is 8.55. The summed E-state index contributed by atoms with van der Waals surface area (Å²) in [7, 11) is 2.30. The SMILES string of the molecule is C[C@H](N)c1ccc(C(CC2CC2)N(C)C2CC3(C2)CN(C(=O)OC(C)(C)C)C3)cc1. The standard InChI is InChI=1S/C25H39N3O2/c1-17(26)19-8-10-20(11-9-19)22(12-18-6-7-18)27(5)21-13-25(14-21)15-28(16-25)23(29)30-24(2,3)4/h8-11,17-18,21-22H,6-7,12-16,26H2,1-5H3/t17-,22?/m0/s1. The molecule has 0 bridgehead atoms. The molecule has 5 heteroatoms. The molecule has 1 aromatic carbocycles. The van der Waals surface area contributed by atoms with Gasteiger partial charge < -0.3 is 15.4 Å². The van der Waals surface area contributed by atoms with Crippen LogP contribution in [0.2, 0.25) is 0 Å². The van der Waals surface area contributed by atoms with Gasteiger partial charge in [-0.1, -0.05) is 37.1 Å². The monoisotopic (exact) mass is 413 g/mol. The van der Waals surface area contributed by atoms with Gasteiger partial charge in [0.05, 0.1) is 0 Å². The quantitative estimate of drug-likeness (QED) is 0.722. The molecule has 2 aliphatic carbocycles. The van der Waals surface area contributed by atoms with E-state index in [0.717, 1.165) is 19.0 Å². The van der Waals surface area contributed by atoms with Gasteiger partial charge in [0.25, 0.3) is 0 Å². The number of benzene rings is 1. The fraction of sp³-hybridized carbons (Fsp3) is 0.720. The molecular weight excluding hydrogens is 374 g/mol. The van der Waals surface area contributed by atoms with E-state index in [1.807, 2.05) is 32.6 Å². The van der Waals surface area contributed by atoms with Gasteiger partial charge in [-0.3, -0.25) is 4.90 Å². The van der Waals surface area contributed by atoms with Crippen LogP contribution in [0.5, 0.6) is 0 Å². The molecule has 1 aromatic rings. The third-order valence-corrected chi connectivity index (χ3v) is 7.21. The molecule has 1 spiro atoms. The van der Waals surface area contributed by atoms with Crippen LogP contribution in [0.4, 0.5) is 4.79 Å². The second-order valence-electron chi connectivity index (χ2n) is 11.2. The maximum atomic E-state index is 12.3. The van der Waals surface area contributed by atoms with E-state index in [9.17, 15) is 4.79 Å². The molecule has 2 saturated carbocycles. The van der Waals surface area contributed by atoms with Crippen molar-refractivity contribution in [3.63, 3.8) is 0 Å². The third kappa shape index (κ3) is 4.67. The van der Waals surface area contributed by atoms with Gasteiger partial charge in [-0.2, -0.15) is 0 Å². The highest BCUT2D eigenvalue weighted by molar-refractivity contribution is 5.69. The highest BCUT2D eigenvalue weighted by Gasteiger charge is 2.56. The largest absolute Gasteiger partial charge is 0.444 e. The van der Waals surface area contributed by atoms with Crippen LogP contribution in [0.25, 0.3) is 0 Å². The molecule has 166 valence electrons. The molecule has 1 aliphatic heterocycles. The Hall–Kier alpha value is -1.59. The number of hydrogen-bond donors (Lipinski definition) is 1. The topological polar surface area (TPSA) is 58.8 Å². The molecule has 2 N–H and O–H groups in total. The second kappa shape index (κ2) is 7.83. The number of rotatable bonds is 6. The molecule has 1 amide bonds. The van der Waals surface area contributed by atoms with Crippen LogP contribution in [0.3, 0.4) is 0 Å². The van der Waals surface area contributed by atoms with E-state index in [-0.39, 0.29) is 12.1 Å². The Morgan fingerprint density at radius 3 is 2.27 bits per heavy atom. The first kappa shape index (κ1) is 21.6. The molecule has 0 radical (unpaired) electrons. The molecule has 4 rings (SSSR count). The summed E-state index contributed by atoms with van der Waals surface area (Å²) in [4.78, 5) is 16.7. The normalized spacial score (nSPS) is 23.1. The van der Waals surface area contributed by atoms with E-state index in [4.69, 9.17) is 10.5 Å². The number of ether oxygens (including phenoxy) is 1. The molecule has 3 fully saturated rings. The van der Waals surface area contributed by atoms with E-state index >= 15 is 0 Å². The maximum absolute atomic E-state index is 12.3. The zero-order valence-corrected chi connectivity index (χ0v) is 19.4. The number of carbonyl (C=O) groups is 1. The van der Waals surface area contributed by atoms with Crippen molar-refractivity contribution in [3.05, 3.63) is 35.4 Å². The smallest absolute Gasteiger partial charge is 0.410 e. The van der Waals surface area contributed by atoms with E-state index in [1.54, 1.807) is 0 Å². The highest BCUT2D eigenvalue weighted by atomic mass is 16.6. The Morgan fingerprint density at radius 2 is 1.77 bits per heavy atom. The molecule has 1 saturated heterocycles. The summed E-state index contributed by atoms with van der Waals surface area (Å²) in [6.45, 7) is 9.52. The number of nitrogens with two attached hydrogens (primary N) is 1. The lowest BCUT2D eigenvalue weighted by Gasteiger charge is -2.61. The van der Waals surface area contributed by atoms with Gasteiger partial charge in [-0.15, -0.1) is 0 Å². The van der Waals surface area contributed by atoms with Crippen molar-refractivity contribution in [1.29, 1.82) is 0 Å². The van der Waals surface area contributed by atoms with Crippen LogP contribution in [-0.4, -0.2) is 47.7 Å². The van der Waals surface area contributed by atoms with Crippen LogP contribution in [0.15, 0.2) is 24.3 Å². The fourth-order valence-corrected chi connectivity index (χ4v) is 5.19. The van der Waals surface area contributed by atoms with Crippen LogP contribution in [0, 0.1) is 11.3 Å². The molecule has 1 unspecified atom stereocenters. The Labute approximate surface area is 181 Å². The first-order valence-corrected chi connectivity index (χ1v) is 11.6. The van der Waals surface area contributed by atoms with Gasteiger partial charge in [-0.05, 0) is 71.0 Å². The molecule has 5 nitrogen and oxygen atoms in total. The van der Waals surface area contributed by atoms with Gasteiger partial charge in [-0.25, -0.2) is 4.79 Å². The van der Waals surface area contributed by atoms with Crippen molar-refractivity contribution >= 4 is 6.09 Å².